The number of halogens is 2. The highest BCUT2D eigenvalue weighted by atomic mass is 35.5. The molecule has 0 aliphatic heterocycles. The summed E-state index contributed by atoms with van der Waals surface area (Å²) in [6.45, 7) is 0. The fourth-order valence-electron chi connectivity index (χ4n) is 3.37. The van der Waals surface area contributed by atoms with E-state index in [4.69, 9.17) is 41.4 Å². The van der Waals surface area contributed by atoms with E-state index in [2.05, 4.69) is 16.4 Å². The lowest BCUT2D eigenvalue weighted by Crippen LogP contribution is -2.39. The minimum atomic E-state index is -5.59. The molecule has 2 aromatic carbocycles. The van der Waals surface area contributed by atoms with Crippen molar-refractivity contribution in [3.8, 4) is 0 Å². The van der Waals surface area contributed by atoms with Crippen molar-refractivity contribution in [3.63, 3.8) is 0 Å². The predicted molar refractivity (Wildman–Crippen MR) is 139 cm³/mol. The van der Waals surface area contributed by atoms with Gasteiger partial charge in [0.1, 0.15) is 0 Å². The van der Waals surface area contributed by atoms with Gasteiger partial charge in [0.15, 0.2) is 11.6 Å². The Kier molecular flexibility index (Phi) is 9.67. The molecule has 3 rings (SSSR count). The molecule has 1 aliphatic carbocycles. The van der Waals surface area contributed by atoms with Crippen LogP contribution in [0.25, 0.3) is 0 Å². The van der Waals surface area contributed by atoms with Crippen molar-refractivity contribution in [2.24, 2.45) is 0 Å². The van der Waals surface area contributed by atoms with Crippen molar-refractivity contribution in [3.05, 3.63) is 56.6 Å². The summed E-state index contributed by atoms with van der Waals surface area (Å²) in [6.07, 6.45) is 0. The summed E-state index contributed by atoms with van der Waals surface area (Å²) in [4.78, 5) is 27.0. The second kappa shape index (κ2) is 11.9. The van der Waals surface area contributed by atoms with E-state index in [1.54, 1.807) is 10.5 Å². The summed E-state index contributed by atoms with van der Waals surface area (Å²) < 4.78 is 141. The molecule has 0 amide bonds. The molecule has 42 heavy (non-hydrogen) atoms. The number of anilines is 2. The van der Waals surface area contributed by atoms with Crippen molar-refractivity contribution < 1.29 is 77.9 Å². The Hall–Kier alpha value is -2.43. The minimum absolute atomic E-state index is 0.356. The zero-order valence-electron chi connectivity index (χ0n) is 19.4. The fraction of sp³-hybridized carbons (Fsp3) is 0. The molecule has 228 valence electrons. The summed E-state index contributed by atoms with van der Waals surface area (Å²) in [5, 5.41) is 1.64. The van der Waals surface area contributed by atoms with E-state index >= 15 is 0 Å². The predicted octanol–water partition coefficient (Wildman–Crippen LogP) is -0.160. The van der Waals surface area contributed by atoms with Gasteiger partial charge in [-0.3, -0.25) is 44.2 Å². The van der Waals surface area contributed by atoms with Gasteiger partial charge in [-0.2, -0.15) is 33.7 Å². The second-order valence-electron chi connectivity index (χ2n) is 7.38. The van der Waals surface area contributed by atoms with E-state index in [9.17, 15) is 43.3 Å². The zero-order valence-corrected chi connectivity index (χ0v) is 24.1. The lowest BCUT2D eigenvalue weighted by Gasteiger charge is -2.27. The first-order valence-corrected chi connectivity index (χ1v) is 16.1. The van der Waals surface area contributed by atoms with Gasteiger partial charge < -0.3 is 10.5 Å². The maximum Gasteiger partial charge on any atom is 0.624 e. The molecule has 0 fully saturated rings. The first kappa shape index (κ1) is 34.1. The number of hydrogen-bond donors (Lipinski definition) is 6. The van der Waals surface area contributed by atoms with Crippen molar-refractivity contribution in [2.45, 2.75) is 0 Å². The molecular weight excluding hydrogens is 705 g/mol. The molecule has 6 N–H and O–H groups in total. The lowest BCUT2D eigenvalue weighted by molar-refractivity contribution is 0.0980. The molecule has 28 heteroatoms. The van der Waals surface area contributed by atoms with E-state index in [1.807, 2.05) is 0 Å². The molecule has 0 unspecified atom stereocenters. The Bertz CT molecular complexity index is 1710. The number of ketones is 2. The van der Waals surface area contributed by atoms with Gasteiger partial charge >= 0.3 is 56.1 Å². The van der Waals surface area contributed by atoms with Gasteiger partial charge in [0.05, 0.1) is 32.5 Å². The van der Waals surface area contributed by atoms with Crippen LogP contribution < -0.4 is 10.5 Å². The third-order valence-electron chi connectivity index (χ3n) is 4.61. The van der Waals surface area contributed by atoms with Gasteiger partial charge in [0.2, 0.25) is 0 Å². The monoisotopic (exact) mass is 714 g/mol. The molecule has 0 spiro atoms. The number of fused-ring (bicyclic) bond motifs is 2. The summed E-state index contributed by atoms with van der Waals surface area (Å²) in [5.41, 5.74) is -4.51. The fourth-order valence-corrected chi connectivity index (χ4v) is 5.19. The van der Waals surface area contributed by atoms with Gasteiger partial charge in [-0.25, -0.2) is 0 Å². The van der Waals surface area contributed by atoms with Crippen LogP contribution in [0.1, 0.15) is 31.8 Å². The van der Waals surface area contributed by atoms with Crippen LogP contribution in [0, 0.1) is 0 Å². The number of rotatable bonds is 12. The number of carbonyl (C=O) groups is 2. The number of carbonyl (C=O) groups excluding carboxylic acids is 2. The molecule has 0 atom stereocenters. The van der Waals surface area contributed by atoms with Crippen LogP contribution in [0.3, 0.4) is 0 Å². The van der Waals surface area contributed by atoms with Gasteiger partial charge in [-0.15, -0.1) is 0 Å². The zero-order chi connectivity index (χ0) is 32.0. The van der Waals surface area contributed by atoms with Gasteiger partial charge in [-0.05, 0) is 0 Å². The molecule has 0 heterocycles. The van der Waals surface area contributed by atoms with E-state index in [0.717, 1.165) is 12.1 Å². The molecule has 0 saturated heterocycles. The largest absolute Gasteiger partial charge is 0.624 e. The SMILES string of the molecule is O=C1c2ccccc2C(=O)c2c(NB(OS(=O)(=O)O)OS(=O)(=O)O)c(Cl)c(Cl)c(NB(OS(=O)(=O)O)OS(=O)(=O)O)c21. The highest BCUT2D eigenvalue weighted by molar-refractivity contribution is 7.83. The van der Waals surface area contributed by atoms with Gasteiger partial charge in [0.25, 0.3) is 0 Å². The van der Waals surface area contributed by atoms with E-state index in [-0.39, 0.29) is 11.1 Å². The average Bonchev–Trinajstić information content (AvgIpc) is 2.78. The molecule has 0 radical (unpaired) electrons. The smallest absolute Gasteiger partial charge is 0.374 e. The van der Waals surface area contributed by atoms with Crippen molar-refractivity contribution in [1.29, 1.82) is 0 Å². The van der Waals surface area contributed by atoms with Crippen LogP contribution in [-0.2, 0) is 58.0 Å². The summed E-state index contributed by atoms with van der Waals surface area (Å²) in [6, 6.07) is 4.82. The maximum absolute atomic E-state index is 13.5. The number of benzene rings is 2. The summed E-state index contributed by atoms with van der Waals surface area (Å²) >= 11 is 12.3. The van der Waals surface area contributed by atoms with Crippen LogP contribution in [0.2, 0.25) is 10.0 Å². The highest BCUT2D eigenvalue weighted by Gasteiger charge is 2.42. The van der Waals surface area contributed by atoms with Crippen molar-refractivity contribution in [2.75, 3.05) is 10.5 Å². The van der Waals surface area contributed by atoms with E-state index in [0.29, 0.717) is 0 Å². The quantitative estimate of drug-likeness (QED) is 0.105. The number of hydrogen-bond acceptors (Lipinski definition) is 16. The maximum atomic E-state index is 13.5. The van der Waals surface area contributed by atoms with Crippen LogP contribution in [0.4, 0.5) is 11.4 Å². The minimum Gasteiger partial charge on any atom is -0.374 e. The lowest BCUT2D eigenvalue weighted by atomic mass is 9.81. The third kappa shape index (κ3) is 8.57. The second-order valence-corrected chi connectivity index (χ2v) is 12.3. The number of nitrogens with one attached hydrogen (secondary N) is 2. The molecular formula is C14H10B2Cl2N2O18S4. The first-order valence-electron chi connectivity index (χ1n) is 9.86. The molecule has 1 aliphatic rings. The molecule has 2 aromatic rings. The highest BCUT2D eigenvalue weighted by Crippen LogP contribution is 2.46. The third-order valence-corrected chi connectivity index (χ3v) is 7.14. The topological polar surface area (TPSA) is 313 Å². The molecule has 0 saturated carbocycles. The van der Waals surface area contributed by atoms with Crippen molar-refractivity contribution >= 4 is 102 Å². The Morgan fingerprint density at radius 1 is 0.571 bits per heavy atom. The van der Waals surface area contributed by atoms with Gasteiger partial charge in [0, 0.05) is 11.1 Å². The summed E-state index contributed by atoms with van der Waals surface area (Å²) in [7, 11) is -28.2. The van der Waals surface area contributed by atoms with Crippen LogP contribution in [-0.4, -0.2) is 78.0 Å². The Balaban J connectivity index is 2.35. The molecule has 0 bridgehead atoms. The Labute approximate surface area is 246 Å². The standard InChI is InChI=1S/C14H10B2Cl2N2O18S4/c17-9-10(18)12(20-16(37-41(29,30)31)38-42(32,33)34)8-7(13(21)5-3-1-2-4-6(5)14(8)22)11(9)19-15(35-39(23,24)25)36-40(26,27)28/h1-4,19-20H,(H,23,24,25)(H,26,27,28)(H,29,30,31)(H,32,33,34). The van der Waals surface area contributed by atoms with E-state index < -0.39 is 100 Å². The van der Waals surface area contributed by atoms with Gasteiger partial charge in [-0.1, -0.05) is 47.5 Å². The average molecular weight is 715 g/mol. The first-order chi connectivity index (χ1) is 19.0. The van der Waals surface area contributed by atoms with Crippen LogP contribution in [0.5, 0.6) is 0 Å². The normalized spacial score (nSPS) is 13.8. The van der Waals surface area contributed by atoms with Crippen molar-refractivity contribution in [1.82, 2.24) is 0 Å². The van der Waals surface area contributed by atoms with Crippen LogP contribution >= 0.6 is 23.2 Å². The Morgan fingerprint density at radius 2 is 0.833 bits per heavy atom. The van der Waals surface area contributed by atoms with Crippen LogP contribution in [0.15, 0.2) is 24.3 Å². The summed E-state index contributed by atoms with van der Waals surface area (Å²) in [5.74, 6) is -2.32. The molecule has 20 nitrogen and oxygen atoms in total. The Morgan fingerprint density at radius 3 is 1.07 bits per heavy atom. The molecule has 0 aromatic heterocycles. The van der Waals surface area contributed by atoms with E-state index in [1.165, 1.54) is 12.1 Å².